The summed E-state index contributed by atoms with van der Waals surface area (Å²) in [5.74, 6) is 2.93. The number of methoxy groups -OCH3 is 1. The first-order valence-electron chi connectivity index (χ1n) is 8.63. The molecule has 0 saturated heterocycles. The highest BCUT2D eigenvalue weighted by Crippen LogP contribution is 2.32. The Morgan fingerprint density at radius 1 is 1.11 bits per heavy atom. The highest BCUT2D eigenvalue weighted by atomic mass is 32.2. The lowest BCUT2D eigenvalue weighted by Gasteiger charge is -2.30. The Bertz CT molecular complexity index is 951. The van der Waals surface area contributed by atoms with E-state index >= 15 is 0 Å². The molecule has 2 heterocycles. The molecule has 2 aliphatic rings. The molecule has 2 aliphatic heterocycles. The van der Waals surface area contributed by atoms with Gasteiger partial charge in [-0.2, -0.15) is 4.40 Å². The first-order chi connectivity index (χ1) is 13.1. The van der Waals surface area contributed by atoms with Crippen LogP contribution < -0.4 is 9.47 Å². The van der Waals surface area contributed by atoms with Gasteiger partial charge in [-0.05, 0) is 60.3 Å². The number of halogens is 1. The highest BCUT2D eigenvalue weighted by Gasteiger charge is 2.22. The Labute approximate surface area is 162 Å². The molecule has 0 aliphatic carbocycles. The van der Waals surface area contributed by atoms with Gasteiger partial charge in [-0.25, -0.2) is 4.39 Å². The Morgan fingerprint density at radius 2 is 1.89 bits per heavy atom. The van der Waals surface area contributed by atoms with Crippen molar-refractivity contribution >= 4 is 23.4 Å². The number of amidine groups is 1. The van der Waals surface area contributed by atoms with E-state index in [1.54, 1.807) is 18.0 Å². The van der Waals surface area contributed by atoms with Crippen LogP contribution in [-0.2, 0) is 0 Å². The van der Waals surface area contributed by atoms with Gasteiger partial charge < -0.3 is 14.4 Å². The van der Waals surface area contributed by atoms with Gasteiger partial charge in [0.2, 0.25) is 0 Å². The van der Waals surface area contributed by atoms with Gasteiger partial charge in [0.25, 0.3) is 0 Å². The maximum absolute atomic E-state index is 13.5. The molecule has 138 valence electrons. The van der Waals surface area contributed by atoms with Crippen molar-refractivity contribution in [1.29, 1.82) is 0 Å². The van der Waals surface area contributed by atoms with Crippen LogP contribution in [0.4, 0.5) is 4.39 Å². The summed E-state index contributed by atoms with van der Waals surface area (Å²) >= 11 is 1.60. The molecular formula is C21H19FN2O2S. The summed E-state index contributed by atoms with van der Waals surface area (Å²) < 4.78 is 29.0. The van der Waals surface area contributed by atoms with Crippen LogP contribution >= 0.6 is 11.9 Å². The van der Waals surface area contributed by atoms with Crippen molar-refractivity contribution < 1.29 is 13.9 Å². The average molecular weight is 382 g/mol. The fourth-order valence-corrected chi connectivity index (χ4v) is 3.76. The van der Waals surface area contributed by atoms with Crippen molar-refractivity contribution in [3.63, 3.8) is 0 Å². The second-order valence-electron chi connectivity index (χ2n) is 6.30. The summed E-state index contributed by atoms with van der Waals surface area (Å²) in [5, 5.41) is 0. The fourth-order valence-electron chi connectivity index (χ4n) is 3.06. The molecule has 27 heavy (non-hydrogen) atoms. The van der Waals surface area contributed by atoms with Crippen molar-refractivity contribution in [2.24, 2.45) is 4.40 Å². The first kappa shape index (κ1) is 17.7. The lowest BCUT2D eigenvalue weighted by atomic mass is 9.99. The highest BCUT2D eigenvalue weighted by molar-refractivity contribution is 7.98. The minimum absolute atomic E-state index is 0.159. The summed E-state index contributed by atoms with van der Waals surface area (Å²) in [6.07, 6.45) is 4.30. The number of hydrogen-bond donors (Lipinski definition) is 0. The Hall–Kier alpha value is -2.73. The maximum atomic E-state index is 13.5. The van der Waals surface area contributed by atoms with E-state index in [4.69, 9.17) is 9.47 Å². The molecule has 0 radical (unpaired) electrons. The summed E-state index contributed by atoms with van der Waals surface area (Å²) in [4.78, 5) is 2.20. The van der Waals surface area contributed by atoms with E-state index in [1.165, 1.54) is 24.8 Å². The molecule has 0 saturated carbocycles. The molecule has 2 aromatic rings. The zero-order valence-electron chi connectivity index (χ0n) is 15.1. The van der Waals surface area contributed by atoms with Gasteiger partial charge in [0.05, 0.1) is 7.11 Å². The van der Waals surface area contributed by atoms with Crippen LogP contribution in [0, 0.1) is 5.82 Å². The third-order valence-corrected chi connectivity index (χ3v) is 5.01. The molecule has 6 heteroatoms. The van der Waals surface area contributed by atoms with Crippen LogP contribution in [0.15, 0.2) is 64.7 Å². The van der Waals surface area contributed by atoms with Gasteiger partial charge in [0, 0.05) is 30.1 Å². The Kier molecular flexibility index (Phi) is 4.90. The van der Waals surface area contributed by atoms with Crippen molar-refractivity contribution in [2.75, 3.05) is 19.4 Å². The largest absolute Gasteiger partial charge is 0.494 e. The summed E-state index contributed by atoms with van der Waals surface area (Å²) in [6.45, 7) is 3.06. The van der Waals surface area contributed by atoms with Crippen molar-refractivity contribution in [3.8, 4) is 17.2 Å². The molecule has 2 aromatic carbocycles. The molecule has 0 fully saturated rings. The van der Waals surface area contributed by atoms with E-state index in [9.17, 15) is 4.39 Å². The van der Waals surface area contributed by atoms with Crippen LogP contribution in [0.1, 0.15) is 12.5 Å². The number of fused-ring (bicyclic) bond motifs is 1. The van der Waals surface area contributed by atoms with Crippen molar-refractivity contribution in [3.05, 3.63) is 71.7 Å². The molecule has 0 N–H and O–H groups in total. The minimum Gasteiger partial charge on any atom is -0.494 e. The van der Waals surface area contributed by atoms with Crippen LogP contribution in [0.2, 0.25) is 0 Å². The standard InChI is InChI=1S/C21H19FN2O2S/c1-14-11-18(21-23-27-10-9-24(21)13-14)15-3-5-16(6-4-15)26-17-7-8-19(22)20(12-17)25-2/h3-8,11-13H,9-10H2,1-2H3. The van der Waals surface area contributed by atoms with E-state index < -0.39 is 5.82 Å². The molecule has 0 bridgehead atoms. The quantitative estimate of drug-likeness (QED) is 0.673. The lowest BCUT2D eigenvalue weighted by Crippen LogP contribution is -2.33. The molecule has 4 rings (SSSR count). The van der Waals surface area contributed by atoms with E-state index in [0.717, 1.165) is 29.3 Å². The zero-order chi connectivity index (χ0) is 18.8. The zero-order valence-corrected chi connectivity index (χ0v) is 15.9. The topological polar surface area (TPSA) is 34.1 Å². The SMILES string of the molecule is COc1cc(Oc2ccc(C3=CC(C)=CN4CCSN=C34)cc2)ccc1F. The van der Waals surface area contributed by atoms with Gasteiger partial charge in [0.15, 0.2) is 11.6 Å². The van der Waals surface area contributed by atoms with Crippen LogP contribution in [0.5, 0.6) is 17.2 Å². The summed E-state index contributed by atoms with van der Waals surface area (Å²) in [7, 11) is 1.43. The number of benzene rings is 2. The monoisotopic (exact) mass is 382 g/mol. The summed E-state index contributed by atoms with van der Waals surface area (Å²) in [5.41, 5.74) is 3.39. The number of allylic oxidation sites excluding steroid dienone is 2. The maximum Gasteiger partial charge on any atom is 0.165 e. The van der Waals surface area contributed by atoms with Gasteiger partial charge in [0.1, 0.15) is 17.3 Å². The number of ether oxygens (including phenoxy) is 2. The van der Waals surface area contributed by atoms with Crippen molar-refractivity contribution in [1.82, 2.24) is 4.90 Å². The van der Waals surface area contributed by atoms with E-state index in [1.807, 2.05) is 24.3 Å². The van der Waals surface area contributed by atoms with E-state index in [-0.39, 0.29) is 5.75 Å². The Balaban J connectivity index is 1.57. The van der Waals surface area contributed by atoms with Crippen LogP contribution in [0.3, 0.4) is 0 Å². The minimum atomic E-state index is -0.413. The number of hydrogen-bond acceptors (Lipinski definition) is 5. The number of rotatable bonds is 4. The molecule has 0 amide bonds. The predicted octanol–water partition coefficient (Wildman–Crippen LogP) is 5.29. The normalized spacial score (nSPS) is 16.1. The summed E-state index contributed by atoms with van der Waals surface area (Å²) in [6, 6.07) is 12.3. The molecule has 0 spiro atoms. The third-order valence-electron chi connectivity index (χ3n) is 4.34. The average Bonchev–Trinajstić information content (AvgIpc) is 2.69. The molecule has 0 atom stereocenters. The predicted molar refractivity (Wildman–Crippen MR) is 108 cm³/mol. The van der Waals surface area contributed by atoms with Gasteiger partial charge in [-0.15, -0.1) is 0 Å². The molecule has 0 unspecified atom stereocenters. The smallest absolute Gasteiger partial charge is 0.165 e. The molecule has 0 aromatic heterocycles. The molecular weight excluding hydrogens is 363 g/mol. The van der Waals surface area contributed by atoms with Gasteiger partial charge in [-0.3, -0.25) is 0 Å². The van der Waals surface area contributed by atoms with Crippen molar-refractivity contribution in [2.45, 2.75) is 6.92 Å². The second-order valence-corrected chi connectivity index (χ2v) is 7.14. The van der Waals surface area contributed by atoms with Gasteiger partial charge >= 0.3 is 0 Å². The lowest BCUT2D eigenvalue weighted by molar-refractivity contribution is 0.381. The van der Waals surface area contributed by atoms with Crippen LogP contribution in [0.25, 0.3) is 5.57 Å². The first-order valence-corrected chi connectivity index (χ1v) is 9.57. The fraction of sp³-hybridized carbons (Fsp3) is 0.190. The molecule has 4 nitrogen and oxygen atoms in total. The second kappa shape index (κ2) is 7.48. The van der Waals surface area contributed by atoms with E-state index in [2.05, 4.69) is 28.5 Å². The van der Waals surface area contributed by atoms with E-state index in [0.29, 0.717) is 11.5 Å². The number of nitrogens with zero attached hydrogens (tertiary/aromatic N) is 2. The van der Waals surface area contributed by atoms with Gasteiger partial charge in [-0.1, -0.05) is 12.1 Å². The Morgan fingerprint density at radius 3 is 2.67 bits per heavy atom. The third kappa shape index (κ3) is 3.71. The van der Waals surface area contributed by atoms with Crippen LogP contribution in [-0.4, -0.2) is 30.1 Å².